The van der Waals surface area contributed by atoms with Crippen LogP contribution in [0.15, 0.2) is 30.3 Å². The van der Waals surface area contributed by atoms with E-state index in [1.165, 1.54) is 0 Å². The molecule has 2 atom stereocenters. The molecule has 0 radical (unpaired) electrons. The third kappa shape index (κ3) is 3.34. The molecule has 1 N–H and O–H groups in total. The molecule has 0 saturated carbocycles. The van der Waals surface area contributed by atoms with Gasteiger partial charge in [0.1, 0.15) is 13.5 Å². The molecule has 3 heteroatoms. The summed E-state index contributed by atoms with van der Waals surface area (Å²) in [5.74, 6) is -0.297. The Hall–Kier alpha value is -0.933. The lowest BCUT2D eigenvalue weighted by Crippen LogP contribution is -2.46. The predicted octanol–water partition coefficient (Wildman–Crippen LogP) is 3.97. The van der Waals surface area contributed by atoms with Crippen molar-refractivity contribution in [3.8, 4) is 0 Å². The molecular weight excluding hydrogens is 252 g/mol. The van der Waals surface area contributed by atoms with E-state index in [9.17, 15) is 9.90 Å². The number of carbonyl (C=O) groups excluding carboxylic acids is 1. The molecule has 0 bridgehead atoms. The molecule has 0 aliphatic rings. The van der Waals surface area contributed by atoms with Gasteiger partial charge in [-0.1, -0.05) is 76.2 Å². The zero-order valence-electron chi connectivity index (χ0n) is 12.5. The van der Waals surface area contributed by atoms with Gasteiger partial charge in [0.05, 0.1) is 6.10 Å². The summed E-state index contributed by atoms with van der Waals surface area (Å²) in [6.07, 6.45) is -0.676. The quantitative estimate of drug-likeness (QED) is 0.766. The first-order valence-corrected chi connectivity index (χ1v) is 9.91. The third-order valence-electron chi connectivity index (χ3n) is 4.58. The van der Waals surface area contributed by atoms with E-state index in [0.717, 1.165) is 23.7 Å². The lowest BCUT2D eigenvalue weighted by molar-refractivity contribution is -0.119. The maximum Gasteiger partial charge on any atom is 0.132 e. The zero-order valence-corrected chi connectivity index (χ0v) is 13.5. The SMILES string of the molecule is CC[Si](CC)(CC)C(=O)C(C)C(O)c1ccccc1. The van der Waals surface area contributed by atoms with Crippen LogP contribution in [0.4, 0.5) is 0 Å². The molecule has 19 heavy (non-hydrogen) atoms. The van der Waals surface area contributed by atoms with Crippen molar-refractivity contribution in [1.29, 1.82) is 0 Å². The van der Waals surface area contributed by atoms with Gasteiger partial charge < -0.3 is 9.90 Å². The Bertz CT molecular complexity index is 390. The first-order chi connectivity index (χ1) is 9.02. The zero-order chi connectivity index (χ0) is 14.5. The minimum absolute atomic E-state index is 0.297. The fourth-order valence-electron chi connectivity index (χ4n) is 2.84. The number of hydrogen-bond donors (Lipinski definition) is 1. The van der Waals surface area contributed by atoms with Crippen molar-refractivity contribution in [1.82, 2.24) is 0 Å². The Morgan fingerprint density at radius 3 is 2.00 bits per heavy atom. The third-order valence-corrected chi connectivity index (χ3v) is 10.1. The molecule has 1 aromatic rings. The second-order valence-electron chi connectivity index (χ2n) is 5.35. The van der Waals surface area contributed by atoms with Crippen molar-refractivity contribution in [2.75, 3.05) is 0 Å². The largest absolute Gasteiger partial charge is 0.388 e. The molecule has 0 aromatic heterocycles. The molecule has 0 aliphatic heterocycles. The fraction of sp³-hybridized carbons (Fsp3) is 0.562. The number of benzene rings is 1. The Labute approximate surface area is 117 Å². The van der Waals surface area contributed by atoms with E-state index >= 15 is 0 Å². The molecule has 0 spiro atoms. The predicted molar refractivity (Wildman–Crippen MR) is 82.8 cm³/mol. The van der Waals surface area contributed by atoms with Crippen LogP contribution >= 0.6 is 0 Å². The Morgan fingerprint density at radius 1 is 1.11 bits per heavy atom. The van der Waals surface area contributed by atoms with E-state index in [-0.39, 0.29) is 5.92 Å². The van der Waals surface area contributed by atoms with Crippen LogP contribution in [0.3, 0.4) is 0 Å². The van der Waals surface area contributed by atoms with E-state index < -0.39 is 14.2 Å². The first kappa shape index (κ1) is 16.1. The molecule has 0 fully saturated rings. The van der Waals surface area contributed by atoms with Crippen molar-refractivity contribution < 1.29 is 9.90 Å². The normalized spacial score (nSPS) is 15.0. The average molecular weight is 278 g/mol. The first-order valence-electron chi connectivity index (χ1n) is 7.29. The lowest BCUT2D eigenvalue weighted by atomic mass is 9.99. The van der Waals surface area contributed by atoms with Crippen LogP contribution in [0, 0.1) is 5.92 Å². The molecule has 0 aliphatic carbocycles. The highest BCUT2D eigenvalue weighted by Gasteiger charge is 2.40. The highest BCUT2D eigenvalue weighted by atomic mass is 28.3. The van der Waals surface area contributed by atoms with E-state index in [1.807, 2.05) is 37.3 Å². The topological polar surface area (TPSA) is 37.3 Å². The van der Waals surface area contributed by atoms with Crippen molar-refractivity contribution >= 4 is 13.5 Å². The summed E-state index contributed by atoms with van der Waals surface area (Å²) < 4.78 is 0. The number of aliphatic hydroxyl groups excluding tert-OH is 1. The number of aliphatic hydroxyl groups is 1. The van der Waals surface area contributed by atoms with Gasteiger partial charge in [-0.15, -0.1) is 0 Å². The highest BCUT2D eigenvalue weighted by Crippen LogP contribution is 2.30. The van der Waals surface area contributed by atoms with Gasteiger partial charge in [-0.05, 0) is 5.56 Å². The Kier molecular flexibility index (Phi) is 5.95. The fourth-order valence-corrected chi connectivity index (χ4v) is 6.51. The van der Waals surface area contributed by atoms with Crippen molar-refractivity contribution in [3.63, 3.8) is 0 Å². The van der Waals surface area contributed by atoms with Gasteiger partial charge in [-0.3, -0.25) is 0 Å². The molecule has 0 amide bonds. The molecule has 1 rings (SSSR count). The van der Waals surface area contributed by atoms with Crippen molar-refractivity contribution in [2.24, 2.45) is 5.92 Å². The maximum atomic E-state index is 12.8. The van der Waals surface area contributed by atoms with E-state index in [4.69, 9.17) is 0 Å². The number of carbonyl (C=O) groups is 1. The smallest absolute Gasteiger partial charge is 0.132 e. The molecule has 2 unspecified atom stereocenters. The van der Waals surface area contributed by atoms with Crippen LogP contribution in [0.2, 0.25) is 18.1 Å². The number of hydrogen-bond acceptors (Lipinski definition) is 2. The van der Waals surface area contributed by atoms with Crippen LogP contribution < -0.4 is 0 Å². The Morgan fingerprint density at radius 2 is 1.58 bits per heavy atom. The van der Waals surface area contributed by atoms with Gasteiger partial charge in [-0.25, -0.2) is 0 Å². The summed E-state index contributed by atoms with van der Waals surface area (Å²) in [5.41, 5.74) is 0.842. The summed E-state index contributed by atoms with van der Waals surface area (Å²) in [4.78, 5) is 12.8. The minimum atomic E-state index is -1.88. The van der Waals surface area contributed by atoms with E-state index in [1.54, 1.807) is 0 Å². The Balaban J connectivity index is 2.93. The molecule has 0 saturated heterocycles. The molecule has 0 heterocycles. The van der Waals surface area contributed by atoms with Crippen molar-refractivity contribution in [3.05, 3.63) is 35.9 Å². The van der Waals surface area contributed by atoms with Gasteiger partial charge in [0.15, 0.2) is 0 Å². The second-order valence-corrected chi connectivity index (χ2v) is 10.5. The van der Waals surface area contributed by atoms with Crippen LogP contribution in [0.5, 0.6) is 0 Å². The number of rotatable bonds is 7. The van der Waals surface area contributed by atoms with Gasteiger partial charge >= 0.3 is 0 Å². The standard InChI is InChI=1S/C16H26O2Si/c1-5-19(6-2,7-3)16(18)13(4)15(17)14-11-9-8-10-12-14/h8-13,15,17H,5-7H2,1-4H3. The monoisotopic (exact) mass is 278 g/mol. The van der Waals surface area contributed by atoms with Gasteiger partial charge in [0.2, 0.25) is 0 Å². The summed E-state index contributed by atoms with van der Waals surface area (Å²) in [7, 11) is -1.88. The van der Waals surface area contributed by atoms with Gasteiger partial charge in [0, 0.05) is 5.92 Å². The summed E-state index contributed by atoms with van der Waals surface area (Å²) in [6.45, 7) is 8.25. The molecule has 106 valence electrons. The van der Waals surface area contributed by atoms with Crippen LogP contribution in [-0.4, -0.2) is 18.6 Å². The maximum absolute atomic E-state index is 12.8. The molecule has 1 aromatic carbocycles. The van der Waals surface area contributed by atoms with Gasteiger partial charge in [-0.2, -0.15) is 0 Å². The summed E-state index contributed by atoms with van der Waals surface area (Å²) in [6, 6.07) is 12.4. The average Bonchev–Trinajstić information content (AvgIpc) is 2.48. The summed E-state index contributed by atoms with van der Waals surface area (Å²) in [5, 5.41) is 10.7. The molecule has 2 nitrogen and oxygen atoms in total. The minimum Gasteiger partial charge on any atom is -0.388 e. The highest BCUT2D eigenvalue weighted by molar-refractivity contribution is 7.06. The lowest BCUT2D eigenvalue weighted by Gasteiger charge is -2.31. The summed E-state index contributed by atoms with van der Waals surface area (Å²) >= 11 is 0. The molecular formula is C16H26O2Si. The van der Waals surface area contributed by atoms with E-state index in [0.29, 0.717) is 5.41 Å². The second kappa shape index (κ2) is 7.01. The van der Waals surface area contributed by atoms with Crippen LogP contribution in [-0.2, 0) is 4.79 Å². The van der Waals surface area contributed by atoms with E-state index in [2.05, 4.69) is 20.8 Å². The van der Waals surface area contributed by atoms with Crippen LogP contribution in [0.1, 0.15) is 39.4 Å². The van der Waals surface area contributed by atoms with Gasteiger partial charge in [0.25, 0.3) is 0 Å². The van der Waals surface area contributed by atoms with Crippen LogP contribution in [0.25, 0.3) is 0 Å². The van der Waals surface area contributed by atoms with Crippen molar-refractivity contribution in [2.45, 2.75) is 51.9 Å².